The molecule has 3 heteroatoms. The summed E-state index contributed by atoms with van der Waals surface area (Å²) in [4.78, 5) is 0. The van der Waals surface area contributed by atoms with Crippen molar-refractivity contribution in [2.24, 2.45) is 0 Å². The number of methoxy groups -OCH3 is 1. The van der Waals surface area contributed by atoms with Gasteiger partial charge in [-0.15, -0.1) is 0 Å². The van der Waals surface area contributed by atoms with Crippen LogP contribution in [-0.4, -0.2) is 16.8 Å². The van der Waals surface area contributed by atoms with Crippen molar-refractivity contribution < 1.29 is 9.84 Å². The molecular weight excluding hydrogens is 250 g/mol. The summed E-state index contributed by atoms with van der Waals surface area (Å²) in [6.07, 6.45) is 2.97. The number of fused-ring (bicyclic) bond motifs is 1. The summed E-state index contributed by atoms with van der Waals surface area (Å²) in [7, 11) is 1.70. The van der Waals surface area contributed by atoms with Gasteiger partial charge in [-0.3, -0.25) is 0 Å². The van der Waals surface area contributed by atoms with Crippen LogP contribution in [-0.2, 0) is 13.0 Å². The highest BCUT2D eigenvalue weighted by atomic mass is 16.5. The van der Waals surface area contributed by atoms with E-state index in [9.17, 15) is 5.11 Å². The summed E-state index contributed by atoms with van der Waals surface area (Å²) in [5, 5.41) is 11.1. The van der Waals surface area contributed by atoms with Crippen molar-refractivity contribution in [1.82, 2.24) is 4.57 Å². The van der Waals surface area contributed by atoms with Gasteiger partial charge in [-0.2, -0.15) is 0 Å². The zero-order chi connectivity index (χ0) is 14.7. The Labute approximate surface area is 121 Å². The number of hydrogen-bond acceptors (Lipinski definition) is 2. The van der Waals surface area contributed by atoms with Gasteiger partial charge in [0.2, 0.25) is 0 Å². The van der Waals surface area contributed by atoms with Gasteiger partial charge in [-0.25, -0.2) is 0 Å². The molecule has 1 unspecified atom stereocenters. The minimum Gasteiger partial charge on any atom is -0.496 e. The van der Waals surface area contributed by atoms with E-state index in [1.807, 2.05) is 13.0 Å². The molecular formula is C17H25NO2. The molecule has 0 saturated heterocycles. The van der Waals surface area contributed by atoms with Crippen molar-refractivity contribution >= 4 is 10.9 Å². The maximum Gasteiger partial charge on any atom is 0.128 e. The molecule has 0 aliphatic rings. The molecule has 0 bridgehead atoms. The molecule has 20 heavy (non-hydrogen) atoms. The van der Waals surface area contributed by atoms with Gasteiger partial charge < -0.3 is 14.4 Å². The summed E-state index contributed by atoms with van der Waals surface area (Å²) in [6.45, 7) is 7.00. The molecule has 0 amide bonds. The standard InChI is InChI=1S/C17H25NO2/c1-5-7-8-13-9-10-16(20-4)14-11-15(12(3)19)18(6-2)17(13)14/h9-12,19H,5-8H2,1-4H3. The Morgan fingerprint density at radius 2 is 2.05 bits per heavy atom. The van der Waals surface area contributed by atoms with E-state index in [1.54, 1.807) is 7.11 Å². The number of ether oxygens (including phenoxy) is 1. The van der Waals surface area contributed by atoms with Crippen LogP contribution in [0.3, 0.4) is 0 Å². The summed E-state index contributed by atoms with van der Waals surface area (Å²) in [5.74, 6) is 0.884. The minimum absolute atomic E-state index is 0.467. The van der Waals surface area contributed by atoms with Gasteiger partial charge in [0.05, 0.1) is 18.7 Å². The second-order valence-corrected chi connectivity index (χ2v) is 5.28. The first-order valence-electron chi connectivity index (χ1n) is 7.51. The Morgan fingerprint density at radius 1 is 1.30 bits per heavy atom. The molecule has 0 fully saturated rings. The van der Waals surface area contributed by atoms with E-state index in [2.05, 4.69) is 30.5 Å². The Hall–Kier alpha value is -1.48. The average molecular weight is 275 g/mol. The maximum atomic E-state index is 10.0. The first-order valence-corrected chi connectivity index (χ1v) is 7.51. The minimum atomic E-state index is -0.467. The van der Waals surface area contributed by atoms with Crippen LogP contribution in [0.1, 0.15) is 51.0 Å². The predicted molar refractivity (Wildman–Crippen MR) is 83.4 cm³/mol. The number of aliphatic hydroxyl groups is 1. The van der Waals surface area contributed by atoms with Crippen LogP contribution in [0.4, 0.5) is 0 Å². The van der Waals surface area contributed by atoms with Gasteiger partial charge in [0, 0.05) is 17.6 Å². The average Bonchev–Trinajstić information content (AvgIpc) is 2.84. The SMILES string of the molecule is CCCCc1ccc(OC)c2cc(C(C)O)n(CC)c12. The molecule has 3 nitrogen and oxygen atoms in total. The molecule has 1 aromatic carbocycles. The lowest BCUT2D eigenvalue weighted by atomic mass is 10.0. The summed E-state index contributed by atoms with van der Waals surface area (Å²) in [6, 6.07) is 6.27. The van der Waals surface area contributed by atoms with E-state index >= 15 is 0 Å². The van der Waals surface area contributed by atoms with Gasteiger partial charge in [0.15, 0.2) is 0 Å². The summed E-state index contributed by atoms with van der Waals surface area (Å²) < 4.78 is 7.70. The third-order valence-electron chi connectivity index (χ3n) is 3.90. The first kappa shape index (κ1) is 14.9. The van der Waals surface area contributed by atoms with Crippen molar-refractivity contribution in [3.63, 3.8) is 0 Å². The van der Waals surface area contributed by atoms with Crippen LogP contribution < -0.4 is 4.74 Å². The lowest BCUT2D eigenvalue weighted by Crippen LogP contribution is -2.05. The summed E-state index contributed by atoms with van der Waals surface area (Å²) in [5.41, 5.74) is 3.53. The Bertz CT molecular complexity index is 584. The fourth-order valence-electron chi connectivity index (χ4n) is 2.88. The van der Waals surface area contributed by atoms with Crippen LogP contribution >= 0.6 is 0 Å². The highest BCUT2D eigenvalue weighted by Crippen LogP contribution is 2.34. The van der Waals surface area contributed by atoms with Gasteiger partial charge in [0.1, 0.15) is 5.75 Å². The second kappa shape index (κ2) is 6.31. The topological polar surface area (TPSA) is 34.4 Å². The van der Waals surface area contributed by atoms with Crippen molar-refractivity contribution in [3.05, 3.63) is 29.5 Å². The van der Waals surface area contributed by atoms with E-state index in [1.165, 1.54) is 23.9 Å². The van der Waals surface area contributed by atoms with Crippen LogP contribution in [0.5, 0.6) is 5.75 Å². The maximum absolute atomic E-state index is 10.0. The number of rotatable bonds is 6. The number of unbranched alkanes of at least 4 members (excludes halogenated alkanes) is 1. The third kappa shape index (κ3) is 2.55. The number of benzene rings is 1. The number of hydrogen-bond donors (Lipinski definition) is 1. The molecule has 1 N–H and O–H groups in total. The number of aliphatic hydroxyl groups excluding tert-OH is 1. The molecule has 2 aromatic rings. The molecule has 1 atom stereocenters. The lowest BCUT2D eigenvalue weighted by molar-refractivity contribution is 0.190. The van der Waals surface area contributed by atoms with E-state index in [-0.39, 0.29) is 0 Å². The monoisotopic (exact) mass is 275 g/mol. The zero-order valence-corrected chi connectivity index (χ0v) is 12.9. The molecule has 110 valence electrons. The highest BCUT2D eigenvalue weighted by Gasteiger charge is 2.17. The van der Waals surface area contributed by atoms with Crippen LogP contribution in [0.15, 0.2) is 18.2 Å². The van der Waals surface area contributed by atoms with E-state index in [0.717, 1.165) is 29.8 Å². The molecule has 1 aromatic heterocycles. The third-order valence-corrected chi connectivity index (χ3v) is 3.90. The van der Waals surface area contributed by atoms with Crippen LogP contribution in [0, 0.1) is 0 Å². The summed E-state index contributed by atoms with van der Waals surface area (Å²) >= 11 is 0. The fraction of sp³-hybridized carbons (Fsp3) is 0.529. The fourth-order valence-corrected chi connectivity index (χ4v) is 2.88. The second-order valence-electron chi connectivity index (χ2n) is 5.28. The van der Waals surface area contributed by atoms with Gasteiger partial charge in [-0.05, 0) is 44.4 Å². The normalized spacial score (nSPS) is 12.8. The van der Waals surface area contributed by atoms with Crippen LogP contribution in [0.25, 0.3) is 10.9 Å². The molecule has 0 radical (unpaired) electrons. The van der Waals surface area contributed by atoms with E-state index in [0.29, 0.717) is 0 Å². The van der Waals surface area contributed by atoms with Crippen molar-refractivity contribution in [2.75, 3.05) is 7.11 Å². The molecule has 0 aliphatic heterocycles. The molecule has 1 heterocycles. The van der Waals surface area contributed by atoms with Gasteiger partial charge in [-0.1, -0.05) is 19.4 Å². The van der Waals surface area contributed by atoms with Crippen LogP contribution in [0.2, 0.25) is 0 Å². The number of aryl methyl sites for hydroxylation is 2. The highest BCUT2D eigenvalue weighted by molar-refractivity contribution is 5.90. The predicted octanol–water partition coefficient (Wildman–Crippen LogP) is 4.07. The van der Waals surface area contributed by atoms with E-state index < -0.39 is 6.10 Å². The molecule has 0 aliphatic carbocycles. The van der Waals surface area contributed by atoms with E-state index in [4.69, 9.17) is 4.74 Å². The number of nitrogens with zero attached hydrogens (tertiary/aromatic N) is 1. The van der Waals surface area contributed by atoms with Crippen molar-refractivity contribution in [2.45, 2.75) is 52.7 Å². The largest absolute Gasteiger partial charge is 0.496 e. The van der Waals surface area contributed by atoms with Crippen molar-refractivity contribution in [3.8, 4) is 5.75 Å². The first-order chi connectivity index (χ1) is 9.63. The molecule has 0 saturated carbocycles. The zero-order valence-electron chi connectivity index (χ0n) is 12.9. The molecule has 0 spiro atoms. The van der Waals surface area contributed by atoms with Crippen molar-refractivity contribution in [1.29, 1.82) is 0 Å². The number of aromatic nitrogens is 1. The van der Waals surface area contributed by atoms with Gasteiger partial charge >= 0.3 is 0 Å². The Morgan fingerprint density at radius 3 is 2.60 bits per heavy atom. The lowest BCUT2D eigenvalue weighted by Gasteiger charge is -2.13. The Balaban J connectivity index is 2.69. The quantitative estimate of drug-likeness (QED) is 0.862. The molecule has 2 rings (SSSR count). The smallest absolute Gasteiger partial charge is 0.128 e. The Kier molecular flexibility index (Phi) is 4.71. The van der Waals surface area contributed by atoms with Gasteiger partial charge in [0.25, 0.3) is 0 Å².